The van der Waals surface area contributed by atoms with Gasteiger partial charge in [-0.2, -0.15) is 0 Å². The van der Waals surface area contributed by atoms with Crippen molar-refractivity contribution in [1.29, 1.82) is 0 Å². The Hall–Kier alpha value is -2.00. The number of nitro benzene ring substituents is 1. The minimum atomic E-state index is -2.09. The van der Waals surface area contributed by atoms with Gasteiger partial charge in [0.05, 0.1) is 17.0 Å². The van der Waals surface area contributed by atoms with Gasteiger partial charge in [0.1, 0.15) is 0 Å². The van der Waals surface area contributed by atoms with E-state index in [1.165, 1.54) is 6.07 Å². The van der Waals surface area contributed by atoms with E-state index in [1.807, 2.05) is 0 Å². The number of aliphatic hydroxyl groups is 1. The smallest absolute Gasteiger partial charge is 0.337 e. The van der Waals surface area contributed by atoms with Gasteiger partial charge in [-0.3, -0.25) is 14.9 Å². The van der Waals surface area contributed by atoms with Crippen molar-refractivity contribution in [1.82, 2.24) is 5.32 Å². The van der Waals surface area contributed by atoms with Gasteiger partial charge in [0.15, 0.2) is 5.60 Å². The predicted octanol–water partition coefficient (Wildman–Crippen LogP) is 0.923. The molecule has 0 aliphatic carbocycles. The van der Waals surface area contributed by atoms with Crippen LogP contribution in [0, 0.1) is 10.1 Å². The van der Waals surface area contributed by atoms with Crippen molar-refractivity contribution in [3.63, 3.8) is 0 Å². The molecule has 1 amide bonds. The molecule has 0 saturated heterocycles. The summed E-state index contributed by atoms with van der Waals surface area (Å²) in [7, 11) is 0. The van der Waals surface area contributed by atoms with Crippen molar-refractivity contribution in [2.75, 3.05) is 6.54 Å². The molecule has 3 N–H and O–H groups in total. The number of carboxylic acid groups (broad SMARTS) is 1. The van der Waals surface area contributed by atoms with E-state index in [9.17, 15) is 24.8 Å². The van der Waals surface area contributed by atoms with Crippen molar-refractivity contribution in [2.24, 2.45) is 0 Å². The van der Waals surface area contributed by atoms with Gasteiger partial charge in [-0.05, 0) is 28.9 Å². The number of carbonyl (C=O) groups is 2. The molecule has 0 heterocycles. The first kappa shape index (κ1) is 16.1. The van der Waals surface area contributed by atoms with Crippen LogP contribution in [0.15, 0.2) is 22.7 Å². The highest BCUT2D eigenvalue weighted by atomic mass is 79.9. The number of aliphatic carboxylic acids is 1. The molecule has 0 aliphatic heterocycles. The van der Waals surface area contributed by atoms with Crippen molar-refractivity contribution < 1.29 is 24.7 Å². The van der Waals surface area contributed by atoms with E-state index in [1.54, 1.807) is 0 Å². The highest BCUT2D eigenvalue weighted by Gasteiger charge is 2.30. The molecule has 1 aromatic rings. The molecule has 0 radical (unpaired) electrons. The lowest BCUT2D eigenvalue weighted by molar-refractivity contribution is -0.384. The second kappa shape index (κ2) is 5.97. The Balaban J connectivity index is 2.84. The quantitative estimate of drug-likeness (QED) is 0.536. The number of non-ortho nitro benzene ring substituents is 1. The van der Waals surface area contributed by atoms with Gasteiger partial charge in [0, 0.05) is 16.6 Å². The van der Waals surface area contributed by atoms with Crippen LogP contribution in [0.3, 0.4) is 0 Å². The van der Waals surface area contributed by atoms with Crippen molar-refractivity contribution in [3.05, 3.63) is 38.3 Å². The first-order valence-electron chi connectivity index (χ1n) is 5.33. The highest BCUT2D eigenvalue weighted by molar-refractivity contribution is 9.10. The van der Waals surface area contributed by atoms with E-state index in [0.717, 1.165) is 19.1 Å². The summed E-state index contributed by atoms with van der Waals surface area (Å²) >= 11 is 3.02. The Morgan fingerprint density at radius 3 is 2.55 bits per heavy atom. The molecule has 0 spiro atoms. The molecule has 0 aliphatic rings. The summed E-state index contributed by atoms with van der Waals surface area (Å²) in [5, 5.41) is 30.9. The summed E-state index contributed by atoms with van der Waals surface area (Å²) in [4.78, 5) is 32.4. The maximum atomic E-state index is 11.8. The Bertz CT molecular complexity index is 572. The fraction of sp³-hybridized carbons (Fsp3) is 0.273. The molecular weight excluding hydrogens is 336 g/mol. The van der Waals surface area contributed by atoms with Gasteiger partial charge < -0.3 is 15.5 Å². The van der Waals surface area contributed by atoms with Gasteiger partial charge in [-0.1, -0.05) is 0 Å². The maximum absolute atomic E-state index is 11.8. The number of hydrogen-bond acceptors (Lipinski definition) is 5. The molecule has 1 atom stereocenters. The molecule has 0 aromatic heterocycles. The SMILES string of the molecule is CC(O)(CNC(=O)c1ccc([N+](=O)[O-])cc1Br)C(=O)O. The first-order chi connectivity index (χ1) is 9.15. The number of rotatable bonds is 5. The van der Waals surface area contributed by atoms with E-state index in [0.29, 0.717) is 0 Å². The number of benzene rings is 1. The summed E-state index contributed by atoms with van der Waals surface area (Å²) in [6, 6.07) is 3.53. The fourth-order valence-electron chi connectivity index (χ4n) is 1.22. The van der Waals surface area contributed by atoms with E-state index in [2.05, 4.69) is 21.2 Å². The van der Waals surface area contributed by atoms with E-state index >= 15 is 0 Å². The minimum absolute atomic E-state index is 0.0942. The molecule has 108 valence electrons. The van der Waals surface area contributed by atoms with Crippen LogP contribution in [0.1, 0.15) is 17.3 Å². The standard InChI is InChI=1S/C11H11BrN2O6/c1-11(18,10(16)17)5-13-9(15)7-3-2-6(14(19)20)4-8(7)12/h2-4,18H,5H2,1H3,(H,13,15)(H,16,17). The van der Waals surface area contributed by atoms with Gasteiger partial charge in [0.25, 0.3) is 11.6 Å². The van der Waals surface area contributed by atoms with E-state index in [-0.39, 0.29) is 15.7 Å². The minimum Gasteiger partial charge on any atom is -0.479 e. The Morgan fingerprint density at radius 1 is 1.50 bits per heavy atom. The molecule has 1 rings (SSSR count). The molecule has 8 nitrogen and oxygen atoms in total. The average Bonchev–Trinajstić information content (AvgIpc) is 2.35. The molecule has 1 unspecified atom stereocenters. The van der Waals surface area contributed by atoms with Crippen LogP contribution >= 0.6 is 15.9 Å². The predicted molar refractivity (Wildman–Crippen MR) is 71.4 cm³/mol. The monoisotopic (exact) mass is 346 g/mol. The molecule has 0 bridgehead atoms. The van der Waals surface area contributed by atoms with E-state index < -0.39 is 28.9 Å². The number of halogens is 1. The fourth-order valence-corrected chi connectivity index (χ4v) is 1.77. The summed E-state index contributed by atoms with van der Waals surface area (Å²) < 4.78 is 0.194. The summed E-state index contributed by atoms with van der Waals surface area (Å²) in [5.41, 5.74) is -2.19. The molecular formula is C11H11BrN2O6. The second-order valence-electron chi connectivity index (χ2n) is 4.18. The van der Waals surface area contributed by atoms with Crippen LogP contribution < -0.4 is 5.32 Å². The normalized spacial score (nSPS) is 13.3. The van der Waals surface area contributed by atoms with Gasteiger partial charge in [-0.15, -0.1) is 0 Å². The molecule has 9 heteroatoms. The summed E-state index contributed by atoms with van der Waals surface area (Å²) in [6.07, 6.45) is 0. The van der Waals surface area contributed by atoms with Gasteiger partial charge in [-0.25, -0.2) is 4.79 Å². The molecule has 20 heavy (non-hydrogen) atoms. The molecule has 1 aromatic carbocycles. The number of carboxylic acids is 1. The average molecular weight is 347 g/mol. The Labute approximate surface area is 121 Å². The second-order valence-corrected chi connectivity index (χ2v) is 5.04. The molecule has 0 fully saturated rings. The number of nitrogens with zero attached hydrogens (tertiary/aromatic N) is 1. The number of hydrogen-bond donors (Lipinski definition) is 3. The van der Waals surface area contributed by atoms with Gasteiger partial charge in [0.2, 0.25) is 0 Å². The number of carbonyl (C=O) groups excluding carboxylic acids is 1. The van der Waals surface area contributed by atoms with Crippen LogP contribution in [0.4, 0.5) is 5.69 Å². The third-order valence-corrected chi connectivity index (χ3v) is 3.12. The molecule has 0 saturated carbocycles. The van der Waals surface area contributed by atoms with E-state index in [4.69, 9.17) is 5.11 Å². The Morgan fingerprint density at radius 2 is 2.10 bits per heavy atom. The van der Waals surface area contributed by atoms with Crippen LogP contribution in [-0.2, 0) is 4.79 Å². The number of amides is 1. The van der Waals surface area contributed by atoms with Crippen LogP contribution in [0.5, 0.6) is 0 Å². The lowest BCUT2D eigenvalue weighted by Crippen LogP contribution is -2.46. The van der Waals surface area contributed by atoms with Crippen LogP contribution in [-0.4, -0.2) is 39.2 Å². The van der Waals surface area contributed by atoms with Gasteiger partial charge >= 0.3 is 5.97 Å². The third kappa shape index (κ3) is 3.75. The zero-order valence-electron chi connectivity index (χ0n) is 10.3. The van der Waals surface area contributed by atoms with Crippen molar-refractivity contribution in [2.45, 2.75) is 12.5 Å². The zero-order chi connectivity index (χ0) is 15.5. The van der Waals surface area contributed by atoms with Crippen LogP contribution in [0.2, 0.25) is 0 Å². The topological polar surface area (TPSA) is 130 Å². The lowest BCUT2D eigenvalue weighted by atomic mass is 10.1. The first-order valence-corrected chi connectivity index (χ1v) is 6.12. The maximum Gasteiger partial charge on any atom is 0.337 e. The number of nitro groups is 1. The summed E-state index contributed by atoms with van der Waals surface area (Å²) in [6.45, 7) is 0.547. The lowest BCUT2D eigenvalue weighted by Gasteiger charge is -2.18. The highest BCUT2D eigenvalue weighted by Crippen LogP contribution is 2.23. The number of nitrogens with one attached hydrogen (secondary N) is 1. The third-order valence-electron chi connectivity index (χ3n) is 2.46. The Kier molecular flexibility index (Phi) is 4.79. The summed E-state index contributed by atoms with van der Waals surface area (Å²) in [5.74, 6) is -2.13. The van der Waals surface area contributed by atoms with Crippen LogP contribution in [0.25, 0.3) is 0 Å². The zero-order valence-corrected chi connectivity index (χ0v) is 11.9. The van der Waals surface area contributed by atoms with Crippen molar-refractivity contribution in [3.8, 4) is 0 Å². The largest absolute Gasteiger partial charge is 0.479 e. The van der Waals surface area contributed by atoms with Crippen molar-refractivity contribution >= 4 is 33.5 Å².